The number of nitrogens with two attached hydrogens (primary N) is 1. The summed E-state index contributed by atoms with van der Waals surface area (Å²) in [6, 6.07) is 14.5. The second kappa shape index (κ2) is 5.91. The number of anilines is 2. The van der Waals surface area contributed by atoms with Gasteiger partial charge in [0.05, 0.1) is 13.5 Å². The summed E-state index contributed by atoms with van der Waals surface area (Å²) in [6.07, 6.45) is 0.326. The number of ether oxygens (including phenoxy) is 1. The topological polar surface area (TPSA) is 64.3 Å². The van der Waals surface area contributed by atoms with Crippen LogP contribution in [0.15, 0.2) is 48.5 Å². The van der Waals surface area contributed by atoms with Crippen molar-refractivity contribution in [3.05, 3.63) is 54.1 Å². The Morgan fingerprint density at radius 3 is 2.32 bits per heavy atom. The summed E-state index contributed by atoms with van der Waals surface area (Å²) in [5.41, 5.74) is 7.97. The highest BCUT2D eigenvalue weighted by Crippen LogP contribution is 2.15. The van der Waals surface area contributed by atoms with Crippen molar-refractivity contribution in [2.24, 2.45) is 0 Å². The molecule has 4 nitrogen and oxygen atoms in total. The molecule has 0 saturated heterocycles. The lowest BCUT2D eigenvalue weighted by atomic mass is 10.1. The third-order valence-corrected chi connectivity index (χ3v) is 2.72. The molecule has 0 aromatic heterocycles. The van der Waals surface area contributed by atoms with E-state index in [2.05, 4.69) is 5.32 Å². The fourth-order valence-electron chi connectivity index (χ4n) is 1.70. The highest BCUT2D eigenvalue weighted by atomic mass is 16.5. The minimum atomic E-state index is -0.0602. The first-order valence-electron chi connectivity index (χ1n) is 5.96. The predicted octanol–water partition coefficient (Wildman–Crippen LogP) is 2.46. The maximum Gasteiger partial charge on any atom is 0.228 e. The highest BCUT2D eigenvalue weighted by molar-refractivity contribution is 5.92. The molecule has 0 atom stereocenters. The molecule has 0 aliphatic rings. The van der Waals surface area contributed by atoms with E-state index in [1.54, 1.807) is 43.5 Å². The van der Waals surface area contributed by atoms with Gasteiger partial charge < -0.3 is 15.8 Å². The van der Waals surface area contributed by atoms with E-state index in [4.69, 9.17) is 10.5 Å². The van der Waals surface area contributed by atoms with Crippen molar-refractivity contribution >= 4 is 17.3 Å². The molecule has 0 unspecified atom stereocenters. The summed E-state index contributed by atoms with van der Waals surface area (Å²) in [5.74, 6) is 0.700. The standard InChI is InChI=1S/C15H16N2O2/c1-19-14-8-6-13(7-9-14)17-15(18)10-11-2-4-12(16)5-3-11/h2-9H,10,16H2,1H3,(H,17,18). The number of benzene rings is 2. The van der Waals surface area contributed by atoms with Gasteiger partial charge in [0.15, 0.2) is 0 Å². The first kappa shape index (κ1) is 13.0. The molecule has 0 radical (unpaired) electrons. The normalized spacial score (nSPS) is 9.95. The van der Waals surface area contributed by atoms with E-state index >= 15 is 0 Å². The summed E-state index contributed by atoms with van der Waals surface area (Å²) in [5, 5.41) is 2.83. The van der Waals surface area contributed by atoms with Gasteiger partial charge >= 0.3 is 0 Å². The van der Waals surface area contributed by atoms with Crippen LogP contribution >= 0.6 is 0 Å². The van der Waals surface area contributed by atoms with Gasteiger partial charge in [0.25, 0.3) is 0 Å². The Morgan fingerprint density at radius 2 is 1.74 bits per heavy atom. The number of carbonyl (C=O) groups is 1. The molecule has 19 heavy (non-hydrogen) atoms. The van der Waals surface area contributed by atoms with Crippen molar-refractivity contribution in [1.29, 1.82) is 0 Å². The molecule has 0 saturated carbocycles. The van der Waals surface area contributed by atoms with Gasteiger partial charge in [0.1, 0.15) is 5.75 Å². The average Bonchev–Trinajstić information content (AvgIpc) is 2.42. The fourth-order valence-corrected chi connectivity index (χ4v) is 1.70. The quantitative estimate of drug-likeness (QED) is 0.826. The van der Waals surface area contributed by atoms with Gasteiger partial charge in [-0.05, 0) is 42.0 Å². The van der Waals surface area contributed by atoms with Crippen LogP contribution in [-0.4, -0.2) is 13.0 Å². The van der Waals surface area contributed by atoms with Crippen LogP contribution in [0.4, 0.5) is 11.4 Å². The minimum absolute atomic E-state index is 0.0602. The summed E-state index contributed by atoms with van der Waals surface area (Å²) in [4.78, 5) is 11.8. The lowest BCUT2D eigenvalue weighted by Crippen LogP contribution is -2.14. The van der Waals surface area contributed by atoms with Gasteiger partial charge in [-0.2, -0.15) is 0 Å². The Bertz CT molecular complexity index is 547. The van der Waals surface area contributed by atoms with Crippen LogP contribution in [0.25, 0.3) is 0 Å². The second-order valence-electron chi connectivity index (χ2n) is 4.20. The SMILES string of the molecule is COc1ccc(NC(=O)Cc2ccc(N)cc2)cc1. The van der Waals surface area contributed by atoms with Crippen LogP contribution in [0.1, 0.15) is 5.56 Å². The third-order valence-electron chi connectivity index (χ3n) is 2.72. The molecule has 2 aromatic carbocycles. The summed E-state index contributed by atoms with van der Waals surface area (Å²) < 4.78 is 5.06. The molecule has 0 fully saturated rings. The summed E-state index contributed by atoms with van der Waals surface area (Å²) in [6.45, 7) is 0. The van der Waals surface area contributed by atoms with E-state index in [1.807, 2.05) is 12.1 Å². The third kappa shape index (κ3) is 3.74. The summed E-state index contributed by atoms with van der Waals surface area (Å²) >= 11 is 0. The van der Waals surface area contributed by atoms with Crippen LogP contribution in [0.2, 0.25) is 0 Å². The lowest BCUT2D eigenvalue weighted by molar-refractivity contribution is -0.115. The molecule has 98 valence electrons. The van der Waals surface area contributed by atoms with Gasteiger partial charge in [-0.25, -0.2) is 0 Å². The zero-order chi connectivity index (χ0) is 13.7. The van der Waals surface area contributed by atoms with Gasteiger partial charge in [0, 0.05) is 11.4 Å². The first-order valence-corrected chi connectivity index (χ1v) is 5.96. The number of nitrogens with one attached hydrogen (secondary N) is 1. The Balaban J connectivity index is 1.95. The van der Waals surface area contributed by atoms with Crippen LogP contribution < -0.4 is 15.8 Å². The molecule has 0 spiro atoms. The maximum atomic E-state index is 11.8. The smallest absolute Gasteiger partial charge is 0.228 e. The van der Waals surface area contributed by atoms with E-state index in [9.17, 15) is 4.79 Å². The number of carbonyl (C=O) groups excluding carboxylic acids is 1. The Labute approximate surface area is 112 Å². The van der Waals surface area contributed by atoms with Crippen molar-refractivity contribution in [2.45, 2.75) is 6.42 Å². The van der Waals surface area contributed by atoms with Crippen molar-refractivity contribution in [1.82, 2.24) is 0 Å². The van der Waals surface area contributed by atoms with Crippen LogP contribution in [0.5, 0.6) is 5.75 Å². The Morgan fingerprint density at radius 1 is 1.11 bits per heavy atom. The molecule has 4 heteroatoms. The maximum absolute atomic E-state index is 11.8. The Hall–Kier alpha value is -2.49. The molecule has 0 bridgehead atoms. The number of rotatable bonds is 4. The molecule has 0 aliphatic heterocycles. The molecule has 1 amide bonds. The molecular formula is C15H16N2O2. The number of hydrogen-bond donors (Lipinski definition) is 2. The van der Waals surface area contributed by atoms with Crippen molar-refractivity contribution < 1.29 is 9.53 Å². The van der Waals surface area contributed by atoms with E-state index in [-0.39, 0.29) is 5.91 Å². The number of nitrogen functional groups attached to an aromatic ring is 1. The molecule has 3 N–H and O–H groups in total. The molecular weight excluding hydrogens is 240 g/mol. The van der Waals surface area contributed by atoms with Gasteiger partial charge in [0.2, 0.25) is 5.91 Å². The van der Waals surface area contributed by atoms with E-state index in [0.717, 1.165) is 17.0 Å². The van der Waals surface area contributed by atoms with Crippen molar-refractivity contribution in [2.75, 3.05) is 18.2 Å². The highest BCUT2D eigenvalue weighted by Gasteiger charge is 2.04. The largest absolute Gasteiger partial charge is 0.497 e. The minimum Gasteiger partial charge on any atom is -0.497 e. The van der Waals surface area contributed by atoms with E-state index < -0.39 is 0 Å². The molecule has 2 rings (SSSR count). The fraction of sp³-hybridized carbons (Fsp3) is 0.133. The van der Waals surface area contributed by atoms with Crippen LogP contribution in [0, 0.1) is 0 Å². The molecule has 0 aliphatic carbocycles. The zero-order valence-corrected chi connectivity index (χ0v) is 10.7. The van der Waals surface area contributed by atoms with Gasteiger partial charge in [-0.3, -0.25) is 4.79 Å². The number of amides is 1. The Kier molecular flexibility index (Phi) is 4.03. The monoisotopic (exact) mass is 256 g/mol. The lowest BCUT2D eigenvalue weighted by Gasteiger charge is -2.06. The van der Waals surface area contributed by atoms with Crippen molar-refractivity contribution in [3.8, 4) is 5.75 Å². The number of methoxy groups -OCH3 is 1. The van der Waals surface area contributed by atoms with E-state index in [0.29, 0.717) is 12.1 Å². The predicted molar refractivity (Wildman–Crippen MR) is 76.2 cm³/mol. The van der Waals surface area contributed by atoms with Crippen molar-refractivity contribution in [3.63, 3.8) is 0 Å². The first-order chi connectivity index (χ1) is 9.17. The summed E-state index contributed by atoms with van der Waals surface area (Å²) in [7, 11) is 1.61. The molecule has 2 aromatic rings. The van der Waals surface area contributed by atoms with Gasteiger partial charge in [-0.1, -0.05) is 12.1 Å². The second-order valence-corrected chi connectivity index (χ2v) is 4.20. The van der Waals surface area contributed by atoms with E-state index in [1.165, 1.54) is 0 Å². The van der Waals surface area contributed by atoms with Gasteiger partial charge in [-0.15, -0.1) is 0 Å². The average molecular weight is 256 g/mol. The van der Waals surface area contributed by atoms with Crippen LogP contribution in [-0.2, 0) is 11.2 Å². The van der Waals surface area contributed by atoms with Crippen LogP contribution in [0.3, 0.4) is 0 Å². The number of hydrogen-bond acceptors (Lipinski definition) is 3. The molecule has 0 heterocycles. The zero-order valence-electron chi connectivity index (χ0n) is 10.7.